The van der Waals surface area contributed by atoms with Crippen molar-refractivity contribution in [2.75, 3.05) is 6.54 Å². The Hall–Kier alpha value is -3.29. The van der Waals surface area contributed by atoms with Gasteiger partial charge in [0.1, 0.15) is 5.82 Å². The fraction of sp³-hybridized carbons (Fsp3) is 0.176. The van der Waals surface area contributed by atoms with Crippen molar-refractivity contribution < 1.29 is 9.18 Å². The minimum atomic E-state index is -0.403. The van der Waals surface area contributed by atoms with E-state index in [2.05, 4.69) is 15.4 Å². The van der Waals surface area contributed by atoms with Gasteiger partial charge < -0.3 is 5.32 Å². The van der Waals surface area contributed by atoms with Gasteiger partial charge in [0.25, 0.3) is 5.91 Å². The highest BCUT2D eigenvalue weighted by Gasteiger charge is 2.12. The summed E-state index contributed by atoms with van der Waals surface area (Å²) in [6.07, 6.45) is 3.27. The van der Waals surface area contributed by atoms with E-state index in [0.29, 0.717) is 11.4 Å². The van der Waals surface area contributed by atoms with Gasteiger partial charge in [-0.1, -0.05) is 0 Å². The van der Waals surface area contributed by atoms with E-state index >= 15 is 0 Å². The van der Waals surface area contributed by atoms with Gasteiger partial charge in [-0.25, -0.2) is 13.9 Å². The molecule has 1 aromatic carbocycles. The van der Waals surface area contributed by atoms with Crippen molar-refractivity contribution >= 4 is 5.91 Å². The smallest absolute Gasteiger partial charge is 0.345 e. The SMILES string of the molecule is Cn1c(-c2cccnc2)nn(CCNC(=O)c2ccc(F)cc2)c1=O. The molecule has 0 saturated carbocycles. The van der Waals surface area contributed by atoms with Gasteiger partial charge in [0, 0.05) is 37.1 Å². The zero-order chi connectivity index (χ0) is 17.8. The molecule has 7 nitrogen and oxygen atoms in total. The van der Waals surface area contributed by atoms with Crippen molar-refractivity contribution in [2.24, 2.45) is 7.05 Å². The highest BCUT2D eigenvalue weighted by Crippen LogP contribution is 2.12. The fourth-order valence-electron chi connectivity index (χ4n) is 2.36. The van der Waals surface area contributed by atoms with Gasteiger partial charge in [-0.15, -0.1) is 5.10 Å². The third-order valence-electron chi connectivity index (χ3n) is 3.68. The van der Waals surface area contributed by atoms with Gasteiger partial charge in [0.15, 0.2) is 5.82 Å². The molecule has 128 valence electrons. The minimum absolute atomic E-state index is 0.222. The number of nitrogens with one attached hydrogen (secondary N) is 1. The predicted molar refractivity (Wildman–Crippen MR) is 89.4 cm³/mol. The average molecular weight is 341 g/mol. The predicted octanol–water partition coefficient (Wildman–Crippen LogP) is 1.21. The van der Waals surface area contributed by atoms with E-state index < -0.39 is 5.82 Å². The maximum absolute atomic E-state index is 12.9. The molecular formula is C17H16FN5O2. The summed E-state index contributed by atoms with van der Waals surface area (Å²) in [4.78, 5) is 28.2. The van der Waals surface area contributed by atoms with Crippen LogP contribution in [-0.4, -0.2) is 31.8 Å². The van der Waals surface area contributed by atoms with E-state index in [4.69, 9.17) is 0 Å². The molecule has 0 atom stereocenters. The monoisotopic (exact) mass is 341 g/mol. The Morgan fingerprint density at radius 2 is 2.00 bits per heavy atom. The molecule has 0 bridgehead atoms. The van der Waals surface area contributed by atoms with Crippen molar-refractivity contribution in [1.29, 1.82) is 0 Å². The third kappa shape index (κ3) is 3.63. The second-order valence-electron chi connectivity index (χ2n) is 5.39. The van der Waals surface area contributed by atoms with E-state index in [-0.39, 0.29) is 24.7 Å². The van der Waals surface area contributed by atoms with Crippen LogP contribution < -0.4 is 11.0 Å². The first-order chi connectivity index (χ1) is 12.1. The van der Waals surface area contributed by atoms with Crippen molar-refractivity contribution in [3.63, 3.8) is 0 Å². The molecule has 1 N–H and O–H groups in total. The quantitative estimate of drug-likeness (QED) is 0.756. The first-order valence-corrected chi connectivity index (χ1v) is 7.64. The lowest BCUT2D eigenvalue weighted by atomic mass is 10.2. The Bertz CT molecular complexity index is 932. The third-order valence-corrected chi connectivity index (χ3v) is 3.68. The zero-order valence-electron chi connectivity index (χ0n) is 13.5. The van der Waals surface area contributed by atoms with Crippen LogP contribution in [0.4, 0.5) is 4.39 Å². The van der Waals surface area contributed by atoms with Crippen LogP contribution in [0.15, 0.2) is 53.6 Å². The largest absolute Gasteiger partial charge is 0.350 e. The summed E-state index contributed by atoms with van der Waals surface area (Å²) >= 11 is 0. The number of rotatable bonds is 5. The van der Waals surface area contributed by atoms with Gasteiger partial charge in [0.05, 0.1) is 6.54 Å². The number of benzene rings is 1. The number of hydrogen-bond donors (Lipinski definition) is 1. The van der Waals surface area contributed by atoms with Crippen molar-refractivity contribution in [3.05, 3.63) is 70.7 Å². The molecule has 2 heterocycles. The first kappa shape index (κ1) is 16.6. The topological polar surface area (TPSA) is 81.8 Å². The molecule has 3 aromatic rings. The number of aromatic nitrogens is 4. The lowest BCUT2D eigenvalue weighted by Crippen LogP contribution is -2.31. The molecule has 0 spiro atoms. The van der Waals surface area contributed by atoms with E-state index in [1.54, 1.807) is 25.5 Å². The van der Waals surface area contributed by atoms with Gasteiger partial charge in [-0.05, 0) is 36.4 Å². The minimum Gasteiger partial charge on any atom is -0.350 e. The number of amides is 1. The average Bonchev–Trinajstić information content (AvgIpc) is 2.91. The first-order valence-electron chi connectivity index (χ1n) is 7.64. The van der Waals surface area contributed by atoms with E-state index in [0.717, 1.165) is 5.56 Å². The summed E-state index contributed by atoms with van der Waals surface area (Å²) in [7, 11) is 1.63. The molecule has 0 aliphatic heterocycles. The summed E-state index contributed by atoms with van der Waals surface area (Å²) in [6.45, 7) is 0.444. The molecule has 25 heavy (non-hydrogen) atoms. The van der Waals surface area contributed by atoms with Crippen molar-refractivity contribution in [1.82, 2.24) is 24.6 Å². The molecule has 0 aliphatic rings. The van der Waals surface area contributed by atoms with Crippen LogP contribution in [0, 0.1) is 5.82 Å². The van der Waals surface area contributed by atoms with Crippen LogP contribution in [0.1, 0.15) is 10.4 Å². The van der Waals surface area contributed by atoms with Crippen molar-refractivity contribution in [3.8, 4) is 11.4 Å². The Kier molecular flexibility index (Phi) is 4.69. The second-order valence-corrected chi connectivity index (χ2v) is 5.39. The number of nitrogens with zero attached hydrogens (tertiary/aromatic N) is 4. The number of pyridine rings is 1. The zero-order valence-corrected chi connectivity index (χ0v) is 13.5. The molecular weight excluding hydrogens is 325 g/mol. The molecule has 0 radical (unpaired) electrons. The van der Waals surface area contributed by atoms with Crippen LogP contribution in [0.25, 0.3) is 11.4 Å². The van der Waals surface area contributed by atoms with Gasteiger partial charge in [-0.3, -0.25) is 14.3 Å². The molecule has 3 rings (SSSR count). The Balaban J connectivity index is 1.67. The summed E-state index contributed by atoms with van der Waals surface area (Å²) < 4.78 is 15.6. The second kappa shape index (κ2) is 7.08. The van der Waals surface area contributed by atoms with Crippen LogP contribution in [0.2, 0.25) is 0 Å². The lowest BCUT2D eigenvalue weighted by Gasteiger charge is -2.04. The van der Waals surface area contributed by atoms with Crippen LogP contribution in [0.3, 0.4) is 0 Å². The standard InChI is InChI=1S/C17H16FN5O2/c1-22-15(13-3-2-8-19-11-13)21-23(17(22)25)10-9-20-16(24)12-4-6-14(18)7-5-12/h2-8,11H,9-10H2,1H3,(H,20,24). The highest BCUT2D eigenvalue weighted by molar-refractivity contribution is 5.94. The van der Waals surface area contributed by atoms with E-state index in [9.17, 15) is 14.0 Å². The molecule has 8 heteroatoms. The van der Waals surface area contributed by atoms with Gasteiger partial charge >= 0.3 is 5.69 Å². The molecule has 0 aliphatic carbocycles. The molecule has 0 saturated heterocycles. The maximum Gasteiger partial charge on any atom is 0.345 e. The van der Waals surface area contributed by atoms with Crippen LogP contribution in [-0.2, 0) is 13.6 Å². The summed E-state index contributed by atoms with van der Waals surface area (Å²) in [5, 5.41) is 6.97. The molecule has 0 fully saturated rings. The molecule has 2 aromatic heterocycles. The van der Waals surface area contributed by atoms with E-state index in [1.165, 1.54) is 33.5 Å². The van der Waals surface area contributed by atoms with Crippen molar-refractivity contribution in [2.45, 2.75) is 6.54 Å². The van der Waals surface area contributed by atoms with Crippen LogP contribution >= 0.6 is 0 Å². The lowest BCUT2D eigenvalue weighted by molar-refractivity contribution is 0.0951. The van der Waals surface area contributed by atoms with E-state index in [1.807, 2.05) is 6.07 Å². The van der Waals surface area contributed by atoms with Gasteiger partial charge in [-0.2, -0.15) is 0 Å². The molecule has 1 amide bonds. The normalized spacial score (nSPS) is 10.6. The summed E-state index contributed by atoms with van der Waals surface area (Å²) in [5.74, 6) is -0.237. The Labute approximate surface area is 142 Å². The van der Waals surface area contributed by atoms with Gasteiger partial charge in [0.2, 0.25) is 0 Å². The molecule has 0 unspecified atom stereocenters. The maximum atomic E-state index is 12.9. The number of hydrogen-bond acceptors (Lipinski definition) is 4. The number of carbonyl (C=O) groups excluding carboxylic acids is 1. The number of carbonyl (C=O) groups is 1. The Morgan fingerprint density at radius 3 is 2.68 bits per heavy atom. The van der Waals surface area contributed by atoms with Crippen LogP contribution in [0.5, 0.6) is 0 Å². The fourth-order valence-corrected chi connectivity index (χ4v) is 2.36. The summed E-state index contributed by atoms with van der Waals surface area (Å²) in [5.41, 5.74) is 0.803. The Morgan fingerprint density at radius 1 is 1.24 bits per heavy atom. The number of halogens is 1. The highest BCUT2D eigenvalue weighted by atomic mass is 19.1. The summed E-state index contributed by atoms with van der Waals surface area (Å²) in [6, 6.07) is 8.82.